The monoisotopic (exact) mass is 211 g/mol. The standard InChI is InChI=1S/C5H7O7S/c1-2(13(10,11)12)3(4(6)7)5(8)9/h2H,1H3,(H,6,7)(H,8,9)(H,10,11,12). The number of hydrogen-bond acceptors (Lipinski definition) is 4. The van der Waals surface area contributed by atoms with Crippen molar-refractivity contribution < 1.29 is 32.8 Å². The van der Waals surface area contributed by atoms with Gasteiger partial charge in [-0.1, -0.05) is 0 Å². The van der Waals surface area contributed by atoms with Gasteiger partial charge in [0, 0.05) is 0 Å². The van der Waals surface area contributed by atoms with Gasteiger partial charge in [0.2, 0.25) is 5.92 Å². The Morgan fingerprint density at radius 2 is 1.46 bits per heavy atom. The number of carboxylic acids is 2. The molecule has 0 rings (SSSR count). The fraction of sp³-hybridized carbons (Fsp3) is 0.400. The highest BCUT2D eigenvalue weighted by molar-refractivity contribution is 7.86. The van der Waals surface area contributed by atoms with E-state index in [0.29, 0.717) is 0 Å². The van der Waals surface area contributed by atoms with E-state index >= 15 is 0 Å². The second-order valence-electron chi connectivity index (χ2n) is 2.18. The van der Waals surface area contributed by atoms with Crippen molar-refractivity contribution in [2.24, 2.45) is 0 Å². The van der Waals surface area contributed by atoms with E-state index in [9.17, 15) is 18.0 Å². The number of hydrogen-bond donors (Lipinski definition) is 3. The van der Waals surface area contributed by atoms with E-state index in [-0.39, 0.29) is 0 Å². The van der Waals surface area contributed by atoms with Gasteiger partial charge in [-0.3, -0.25) is 14.1 Å². The Labute approximate surface area is 73.7 Å². The predicted molar refractivity (Wildman–Crippen MR) is 39.5 cm³/mol. The average Bonchev–Trinajstić information content (AvgIpc) is 1.82. The smallest absolute Gasteiger partial charge is 0.324 e. The summed E-state index contributed by atoms with van der Waals surface area (Å²) in [5.41, 5.74) is 0. The van der Waals surface area contributed by atoms with Gasteiger partial charge in [-0.2, -0.15) is 8.42 Å². The van der Waals surface area contributed by atoms with Crippen molar-refractivity contribution >= 4 is 22.1 Å². The normalized spacial score (nSPS) is 14.1. The molecule has 1 radical (unpaired) electrons. The highest BCUT2D eigenvalue weighted by Gasteiger charge is 2.40. The molecule has 0 aliphatic rings. The summed E-state index contributed by atoms with van der Waals surface area (Å²) in [6, 6.07) is 0. The molecule has 0 fully saturated rings. The molecule has 7 nitrogen and oxygen atoms in total. The molecule has 0 aromatic carbocycles. The zero-order valence-electron chi connectivity index (χ0n) is 6.46. The maximum absolute atomic E-state index is 10.4. The molecule has 0 aliphatic heterocycles. The van der Waals surface area contributed by atoms with Crippen LogP contribution >= 0.6 is 0 Å². The van der Waals surface area contributed by atoms with Crippen LogP contribution in [0.4, 0.5) is 0 Å². The van der Waals surface area contributed by atoms with E-state index in [1.165, 1.54) is 0 Å². The van der Waals surface area contributed by atoms with Crippen molar-refractivity contribution in [2.45, 2.75) is 12.2 Å². The van der Waals surface area contributed by atoms with Crippen molar-refractivity contribution in [2.75, 3.05) is 0 Å². The van der Waals surface area contributed by atoms with Crippen LogP contribution in [0.15, 0.2) is 0 Å². The number of rotatable bonds is 4. The van der Waals surface area contributed by atoms with Crippen LogP contribution in [-0.2, 0) is 19.7 Å². The number of carbonyl (C=O) groups is 2. The Morgan fingerprint density at radius 1 is 1.15 bits per heavy atom. The Kier molecular flexibility index (Phi) is 3.38. The highest BCUT2D eigenvalue weighted by Crippen LogP contribution is 2.14. The second-order valence-corrected chi connectivity index (χ2v) is 3.92. The zero-order valence-corrected chi connectivity index (χ0v) is 7.28. The van der Waals surface area contributed by atoms with Crippen LogP contribution in [0.25, 0.3) is 0 Å². The summed E-state index contributed by atoms with van der Waals surface area (Å²) in [4.78, 5) is 20.5. The molecule has 0 heterocycles. The minimum absolute atomic E-state index is 0.771. The first-order chi connectivity index (χ1) is 5.68. The molecule has 0 saturated heterocycles. The van der Waals surface area contributed by atoms with Gasteiger partial charge in [0.05, 0.1) is 0 Å². The molecule has 0 aromatic heterocycles. The van der Waals surface area contributed by atoms with Gasteiger partial charge in [0.25, 0.3) is 10.1 Å². The summed E-state index contributed by atoms with van der Waals surface area (Å²) in [5.74, 6) is -5.07. The molecule has 0 bridgehead atoms. The summed E-state index contributed by atoms with van der Waals surface area (Å²) in [7, 11) is -4.69. The zero-order chi connectivity index (χ0) is 10.8. The maximum atomic E-state index is 10.4. The van der Waals surface area contributed by atoms with Crippen molar-refractivity contribution in [1.29, 1.82) is 0 Å². The van der Waals surface area contributed by atoms with E-state index in [1.54, 1.807) is 0 Å². The average molecular weight is 211 g/mol. The van der Waals surface area contributed by atoms with Crippen LogP contribution in [0.2, 0.25) is 0 Å². The summed E-state index contributed by atoms with van der Waals surface area (Å²) < 4.78 is 29.2. The van der Waals surface area contributed by atoms with Crippen molar-refractivity contribution in [3.05, 3.63) is 5.92 Å². The first-order valence-corrected chi connectivity index (χ1v) is 4.48. The van der Waals surface area contributed by atoms with Crippen molar-refractivity contribution in [3.63, 3.8) is 0 Å². The van der Waals surface area contributed by atoms with Gasteiger partial charge in [-0.25, -0.2) is 0 Å². The molecule has 0 aromatic rings. The predicted octanol–water partition coefficient (Wildman–Crippen LogP) is -0.994. The summed E-state index contributed by atoms with van der Waals surface area (Å²) in [5, 5.41) is 14.6. The molecule has 0 amide bonds. The lowest BCUT2D eigenvalue weighted by atomic mass is 10.1. The molecule has 8 heteroatoms. The Morgan fingerprint density at radius 3 is 1.54 bits per heavy atom. The largest absolute Gasteiger partial charge is 0.480 e. The van der Waals surface area contributed by atoms with Crippen LogP contribution in [-0.4, -0.2) is 40.4 Å². The molecule has 13 heavy (non-hydrogen) atoms. The molecule has 3 N–H and O–H groups in total. The fourth-order valence-corrected chi connectivity index (χ4v) is 1.09. The third-order valence-electron chi connectivity index (χ3n) is 1.31. The number of aliphatic carboxylic acids is 2. The highest BCUT2D eigenvalue weighted by atomic mass is 32.2. The number of carboxylic acid groups (broad SMARTS) is 2. The van der Waals surface area contributed by atoms with Gasteiger partial charge >= 0.3 is 11.9 Å². The maximum Gasteiger partial charge on any atom is 0.324 e. The van der Waals surface area contributed by atoms with Gasteiger partial charge in [-0.15, -0.1) is 0 Å². The lowest BCUT2D eigenvalue weighted by Gasteiger charge is -2.11. The molecular formula is C5H7O7S. The molecule has 1 atom stereocenters. The third kappa shape index (κ3) is 2.99. The van der Waals surface area contributed by atoms with Crippen LogP contribution < -0.4 is 0 Å². The van der Waals surface area contributed by atoms with Crippen LogP contribution in [0, 0.1) is 5.92 Å². The van der Waals surface area contributed by atoms with E-state index in [4.69, 9.17) is 14.8 Å². The Balaban J connectivity index is 5.00. The van der Waals surface area contributed by atoms with Crippen LogP contribution in [0.1, 0.15) is 6.92 Å². The molecule has 1 unspecified atom stereocenters. The second kappa shape index (κ2) is 3.71. The minimum atomic E-state index is -4.69. The SMILES string of the molecule is CC([C](C(=O)O)C(=O)O)S(=O)(=O)O. The lowest BCUT2D eigenvalue weighted by Crippen LogP contribution is -2.36. The van der Waals surface area contributed by atoms with E-state index < -0.39 is 33.2 Å². The molecule has 0 saturated carbocycles. The minimum Gasteiger partial charge on any atom is -0.480 e. The summed E-state index contributed by atoms with van der Waals surface area (Å²) >= 11 is 0. The summed E-state index contributed by atoms with van der Waals surface area (Å²) in [6.07, 6.45) is 0. The van der Waals surface area contributed by atoms with E-state index in [0.717, 1.165) is 6.92 Å². The topological polar surface area (TPSA) is 129 Å². The lowest BCUT2D eigenvalue weighted by molar-refractivity contribution is -0.144. The van der Waals surface area contributed by atoms with Gasteiger partial charge < -0.3 is 10.2 Å². The Hall–Kier alpha value is -1.15. The van der Waals surface area contributed by atoms with Crippen molar-refractivity contribution in [1.82, 2.24) is 0 Å². The van der Waals surface area contributed by atoms with Crippen molar-refractivity contribution in [3.8, 4) is 0 Å². The van der Waals surface area contributed by atoms with Gasteiger partial charge in [0.15, 0.2) is 0 Å². The quantitative estimate of drug-likeness (QED) is 0.402. The third-order valence-corrected chi connectivity index (χ3v) is 2.44. The van der Waals surface area contributed by atoms with Gasteiger partial charge in [0.1, 0.15) is 5.25 Å². The first kappa shape index (κ1) is 11.8. The molecule has 0 spiro atoms. The first-order valence-electron chi connectivity index (χ1n) is 2.97. The fourth-order valence-electron chi connectivity index (χ4n) is 0.588. The van der Waals surface area contributed by atoms with E-state index in [2.05, 4.69) is 0 Å². The Bertz CT molecular complexity index is 302. The van der Waals surface area contributed by atoms with Crippen LogP contribution in [0.5, 0.6) is 0 Å². The molecule has 75 valence electrons. The molecular weight excluding hydrogens is 204 g/mol. The van der Waals surface area contributed by atoms with Crippen LogP contribution in [0.3, 0.4) is 0 Å². The van der Waals surface area contributed by atoms with Gasteiger partial charge in [-0.05, 0) is 6.92 Å². The van der Waals surface area contributed by atoms with E-state index in [1.807, 2.05) is 0 Å². The summed E-state index contributed by atoms with van der Waals surface area (Å²) in [6.45, 7) is 0.771. The molecule has 0 aliphatic carbocycles.